The highest BCUT2D eigenvalue weighted by Gasteiger charge is 2.00. The van der Waals surface area contributed by atoms with Crippen LogP contribution in [-0.2, 0) is 0 Å². The molecule has 0 spiro atoms. The van der Waals surface area contributed by atoms with Gasteiger partial charge in [0, 0.05) is 16.2 Å². The number of halogens is 1. The maximum absolute atomic E-state index is 10.4. The van der Waals surface area contributed by atoms with Crippen LogP contribution >= 0.6 is 23.4 Å². The van der Waals surface area contributed by atoms with Gasteiger partial charge in [-0.05, 0) is 18.2 Å². The molecular weight excluding hydrogens is 208 g/mol. The van der Waals surface area contributed by atoms with Crippen LogP contribution in [0.3, 0.4) is 0 Å². The molecule has 0 fully saturated rings. The van der Waals surface area contributed by atoms with Gasteiger partial charge in [0.25, 0.3) is 0 Å². The molecule has 0 bridgehead atoms. The highest BCUT2D eigenvalue weighted by molar-refractivity contribution is 7.99. The Labute approximate surface area is 85.9 Å². The molecule has 1 aromatic carbocycles. The van der Waals surface area contributed by atoms with E-state index in [0.29, 0.717) is 16.3 Å². The van der Waals surface area contributed by atoms with E-state index in [1.165, 1.54) is 11.8 Å². The zero-order valence-electron chi connectivity index (χ0n) is 6.87. The number of hydrogen-bond acceptors (Lipinski definition) is 3. The molecule has 0 radical (unpaired) electrons. The second-order valence-corrected chi connectivity index (χ2v) is 3.95. The third-order valence-electron chi connectivity index (χ3n) is 1.46. The van der Waals surface area contributed by atoms with Gasteiger partial charge in [-0.2, -0.15) is 0 Å². The summed E-state index contributed by atoms with van der Waals surface area (Å²) in [5, 5.41) is 9.04. The number of aliphatic hydroxyl groups excluding tert-OH is 1. The predicted molar refractivity (Wildman–Crippen MR) is 54.6 cm³/mol. The monoisotopic (exact) mass is 216 g/mol. The summed E-state index contributed by atoms with van der Waals surface area (Å²) < 4.78 is 0. The Morgan fingerprint density at radius 1 is 1.54 bits per heavy atom. The van der Waals surface area contributed by atoms with Crippen LogP contribution in [0.15, 0.2) is 23.1 Å². The molecule has 0 aliphatic carbocycles. The van der Waals surface area contributed by atoms with Crippen molar-refractivity contribution in [3.05, 3.63) is 28.8 Å². The summed E-state index contributed by atoms with van der Waals surface area (Å²) in [6.07, 6.45) is 0.725. The highest BCUT2D eigenvalue weighted by Crippen LogP contribution is 2.23. The zero-order valence-corrected chi connectivity index (χ0v) is 8.44. The van der Waals surface area contributed by atoms with Crippen LogP contribution < -0.4 is 0 Å². The van der Waals surface area contributed by atoms with Gasteiger partial charge < -0.3 is 5.11 Å². The SMILES string of the molecule is O=Cc1ccc(SCCO)cc1Cl. The van der Waals surface area contributed by atoms with Gasteiger partial charge in [0.2, 0.25) is 0 Å². The summed E-state index contributed by atoms with van der Waals surface area (Å²) in [7, 11) is 0. The summed E-state index contributed by atoms with van der Waals surface area (Å²) in [6, 6.07) is 5.22. The number of benzene rings is 1. The third kappa shape index (κ3) is 3.03. The van der Waals surface area contributed by atoms with Crippen molar-refractivity contribution in [2.24, 2.45) is 0 Å². The maximum atomic E-state index is 10.4. The number of thioether (sulfide) groups is 1. The topological polar surface area (TPSA) is 37.3 Å². The predicted octanol–water partition coefficient (Wildman–Crippen LogP) is 2.24. The number of carbonyl (C=O) groups excluding carboxylic acids is 1. The van der Waals surface area contributed by atoms with Crippen molar-refractivity contribution in [3.8, 4) is 0 Å². The molecule has 0 unspecified atom stereocenters. The van der Waals surface area contributed by atoms with E-state index >= 15 is 0 Å². The van der Waals surface area contributed by atoms with E-state index in [-0.39, 0.29) is 6.61 Å². The molecule has 0 atom stereocenters. The van der Waals surface area contributed by atoms with Crippen LogP contribution in [0.5, 0.6) is 0 Å². The van der Waals surface area contributed by atoms with Gasteiger partial charge in [-0.3, -0.25) is 4.79 Å². The number of carbonyl (C=O) groups is 1. The smallest absolute Gasteiger partial charge is 0.151 e. The molecule has 0 aliphatic heterocycles. The number of hydrogen-bond donors (Lipinski definition) is 1. The summed E-state index contributed by atoms with van der Waals surface area (Å²) in [4.78, 5) is 11.4. The Hall–Kier alpha value is -0.510. The minimum absolute atomic E-state index is 0.137. The molecule has 0 saturated heterocycles. The lowest BCUT2D eigenvalue weighted by molar-refractivity contribution is 0.112. The van der Waals surface area contributed by atoms with E-state index in [0.717, 1.165) is 11.2 Å². The standard InChI is InChI=1S/C9H9ClO2S/c10-9-5-8(13-4-3-11)2-1-7(9)6-12/h1-2,5-6,11H,3-4H2. The van der Waals surface area contributed by atoms with Crippen LogP contribution in [-0.4, -0.2) is 23.8 Å². The molecule has 0 saturated carbocycles. The van der Waals surface area contributed by atoms with Gasteiger partial charge in [-0.15, -0.1) is 11.8 Å². The van der Waals surface area contributed by atoms with Gasteiger partial charge >= 0.3 is 0 Å². The number of aliphatic hydroxyl groups is 1. The lowest BCUT2D eigenvalue weighted by atomic mass is 10.2. The van der Waals surface area contributed by atoms with Crippen molar-refractivity contribution in [2.45, 2.75) is 4.90 Å². The van der Waals surface area contributed by atoms with Crippen molar-refractivity contribution in [2.75, 3.05) is 12.4 Å². The molecule has 1 rings (SSSR count). The first-order valence-electron chi connectivity index (χ1n) is 3.76. The molecule has 70 valence electrons. The fraction of sp³-hybridized carbons (Fsp3) is 0.222. The van der Waals surface area contributed by atoms with Crippen LogP contribution in [0, 0.1) is 0 Å². The van der Waals surface area contributed by atoms with E-state index in [1.807, 2.05) is 6.07 Å². The molecule has 13 heavy (non-hydrogen) atoms. The van der Waals surface area contributed by atoms with Crippen LogP contribution in [0.25, 0.3) is 0 Å². The van der Waals surface area contributed by atoms with Gasteiger partial charge in [0.05, 0.1) is 11.6 Å². The van der Waals surface area contributed by atoms with E-state index in [1.54, 1.807) is 12.1 Å². The molecule has 0 aliphatic rings. The molecule has 0 amide bonds. The van der Waals surface area contributed by atoms with Crippen molar-refractivity contribution in [1.82, 2.24) is 0 Å². The minimum atomic E-state index is 0.137. The average molecular weight is 217 g/mol. The van der Waals surface area contributed by atoms with E-state index in [9.17, 15) is 4.79 Å². The third-order valence-corrected chi connectivity index (χ3v) is 2.76. The Morgan fingerprint density at radius 2 is 2.31 bits per heavy atom. The fourth-order valence-corrected chi connectivity index (χ4v) is 1.84. The second kappa shape index (κ2) is 5.27. The Balaban J connectivity index is 2.77. The Bertz CT molecular complexity index is 302. The van der Waals surface area contributed by atoms with Crippen molar-refractivity contribution < 1.29 is 9.90 Å². The van der Waals surface area contributed by atoms with E-state index in [2.05, 4.69) is 0 Å². The fourth-order valence-electron chi connectivity index (χ4n) is 0.857. The van der Waals surface area contributed by atoms with E-state index in [4.69, 9.17) is 16.7 Å². The molecule has 0 heterocycles. The lowest BCUT2D eigenvalue weighted by Crippen LogP contribution is -1.87. The molecule has 1 N–H and O–H groups in total. The maximum Gasteiger partial charge on any atom is 0.151 e. The Kier molecular flexibility index (Phi) is 4.28. The first-order chi connectivity index (χ1) is 6.27. The van der Waals surface area contributed by atoms with Gasteiger partial charge in [0.1, 0.15) is 0 Å². The summed E-state index contributed by atoms with van der Waals surface area (Å²) in [6.45, 7) is 0.137. The Morgan fingerprint density at radius 3 is 2.85 bits per heavy atom. The number of aldehydes is 1. The summed E-state index contributed by atoms with van der Waals surface area (Å²) >= 11 is 7.30. The average Bonchev–Trinajstić information content (AvgIpc) is 2.15. The van der Waals surface area contributed by atoms with Crippen molar-refractivity contribution in [3.63, 3.8) is 0 Å². The van der Waals surface area contributed by atoms with Crippen LogP contribution in [0.2, 0.25) is 5.02 Å². The largest absolute Gasteiger partial charge is 0.396 e. The molecular formula is C9H9ClO2S. The molecule has 4 heteroatoms. The zero-order chi connectivity index (χ0) is 9.68. The quantitative estimate of drug-likeness (QED) is 0.620. The van der Waals surface area contributed by atoms with E-state index < -0.39 is 0 Å². The van der Waals surface area contributed by atoms with Gasteiger partial charge in [-0.25, -0.2) is 0 Å². The molecule has 0 aromatic heterocycles. The van der Waals surface area contributed by atoms with Crippen molar-refractivity contribution in [1.29, 1.82) is 0 Å². The van der Waals surface area contributed by atoms with Crippen LogP contribution in [0.1, 0.15) is 10.4 Å². The highest BCUT2D eigenvalue weighted by atomic mass is 35.5. The molecule has 2 nitrogen and oxygen atoms in total. The van der Waals surface area contributed by atoms with Gasteiger partial charge in [-0.1, -0.05) is 11.6 Å². The van der Waals surface area contributed by atoms with Gasteiger partial charge in [0.15, 0.2) is 6.29 Å². The van der Waals surface area contributed by atoms with Crippen LogP contribution in [0.4, 0.5) is 0 Å². The first-order valence-corrected chi connectivity index (χ1v) is 5.12. The normalized spacial score (nSPS) is 10.0. The number of rotatable bonds is 4. The lowest BCUT2D eigenvalue weighted by Gasteiger charge is -2.01. The summed E-state index contributed by atoms with van der Waals surface area (Å²) in [5.41, 5.74) is 0.495. The summed E-state index contributed by atoms with van der Waals surface area (Å²) in [5.74, 6) is 0.636. The molecule has 1 aromatic rings. The first kappa shape index (κ1) is 10.6. The minimum Gasteiger partial charge on any atom is -0.396 e. The van der Waals surface area contributed by atoms with Crippen molar-refractivity contribution >= 4 is 29.6 Å². The second-order valence-electron chi connectivity index (χ2n) is 2.37.